The fourth-order valence-corrected chi connectivity index (χ4v) is 2.42. The van der Waals surface area contributed by atoms with Crippen molar-refractivity contribution in [2.75, 3.05) is 7.05 Å². The Morgan fingerprint density at radius 3 is 2.00 bits per heavy atom. The minimum absolute atomic E-state index is 0.469. The van der Waals surface area contributed by atoms with Gasteiger partial charge < -0.3 is 0 Å². The lowest BCUT2D eigenvalue weighted by Crippen LogP contribution is -2.31. The lowest BCUT2D eigenvalue weighted by molar-refractivity contribution is -0.125. The van der Waals surface area contributed by atoms with Gasteiger partial charge in [0.1, 0.15) is 0 Å². The Bertz CT molecular complexity index is 578. The third kappa shape index (κ3) is 4.03. The molecule has 0 unspecified atom stereocenters. The van der Waals surface area contributed by atoms with Crippen molar-refractivity contribution in [3.63, 3.8) is 0 Å². The van der Waals surface area contributed by atoms with Crippen molar-refractivity contribution >= 4 is 17.4 Å². The predicted octanol–water partition coefficient (Wildman–Crippen LogP) is 3.55. The topological polar surface area (TPSA) is 49.7 Å². The van der Waals surface area contributed by atoms with E-state index < -0.39 is 11.7 Å². The number of rotatable bonds is 6. The summed E-state index contributed by atoms with van der Waals surface area (Å²) < 4.78 is 0. The van der Waals surface area contributed by atoms with Crippen LogP contribution in [0.25, 0.3) is 0 Å². The molecule has 22 heavy (non-hydrogen) atoms. The molecule has 0 saturated carbocycles. The predicted molar refractivity (Wildman–Crippen MR) is 90.4 cm³/mol. The van der Waals surface area contributed by atoms with Crippen LogP contribution in [0.3, 0.4) is 0 Å². The summed E-state index contributed by atoms with van der Waals surface area (Å²) in [6.07, 6.45) is 2.20. The minimum Gasteiger partial charge on any atom is -0.283 e. The van der Waals surface area contributed by atoms with E-state index in [1.165, 1.54) is 7.05 Å². The van der Waals surface area contributed by atoms with Crippen molar-refractivity contribution in [2.45, 2.75) is 53.9 Å². The largest absolute Gasteiger partial charge is 0.314 e. The summed E-state index contributed by atoms with van der Waals surface area (Å²) in [6.45, 7) is 9.81. The zero-order valence-corrected chi connectivity index (χ0v) is 14.5. The first-order valence-corrected chi connectivity index (χ1v) is 7.84. The maximum Gasteiger partial charge on any atom is 0.314 e. The van der Waals surface area contributed by atoms with E-state index in [-0.39, 0.29) is 0 Å². The molecule has 0 N–H and O–H groups in total. The number of hydrazone groups is 1. The number of carbonyl (C=O) groups excluding carboxylic acids is 2. The van der Waals surface area contributed by atoms with E-state index in [1.54, 1.807) is 0 Å². The van der Waals surface area contributed by atoms with Gasteiger partial charge in [0.15, 0.2) is 0 Å². The van der Waals surface area contributed by atoms with Crippen LogP contribution in [-0.4, -0.2) is 29.5 Å². The normalized spacial score (nSPS) is 11.5. The molecule has 0 saturated heterocycles. The summed E-state index contributed by atoms with van der Waals surface area (Å²) in [4.78, 5) is 25.1. The number of amides is 1. The summed E-state index contributed by atoms with van der Waals surface area (Å²) in [5.41, 5.74) is 4.35. The van der Waals surface area contributed by atoms with Gasteiger partial charge in [0, 0.05) is 18.3 Å². The van der Waals surface area contributed by atoms with Crippen LogP contribution in [0.5, 0.6) is 0 Å². The molecule has 0 aliphatic rings. The second-order valence-electron chi connectivity index (χ2n) is 5.51. The highest BCUT2D eigenvalue weighted by molar-refractivity contribution is 6.43. The van der Waals surface area contributed by atoms with Gasteiger partial charge in [0.05, 0.1) is 0 Å². The zero-order chi connectivity index (χ0) is 16.9. The maximum absolute atomic E-state index is 12.7. The second kappa shape index (κ2) is 7.87. The van der Waals surface area contributed by atoms with E-state index in [0.29, 0.717) is 5.56 Å². The Hall–Kier alpha value is -1.97. The van der Waals surface area contributed by atoms with Gasteiger partial charge in [0.2, 0.25) is 0 Å². The van der Waals surface area contributed by atoms with Crippen LogP contribution in [0, 0.1) is 6.92 Å². The molecule has 0 fully saturated rings. The number of aryl methyl sites for hydroxylation is 3. The number of hydrogen-bond donors (Lipinski definition) is 0. The summed E-state index contributed by atoms with van der Waals surface area (Å²) in [7, 11) is 1.53. The van der Waals surface area contributed by atoms with Crippen molar-refractivity contribution in [1.29, 1.82) is 0 Å². The van der Waals surface area contributed by atoms with Gasteiger partial charge in [-0.3, -0.25) is 9.59 Å². The van der Waals surface area contributed by atoms with Crippen LogP contribution in [0.1, 0.15) is 61.2 Å². The van der Waals surface area contributed by atoms with E-state index in [0.717, 1.165) is 46.7 Å². The van der Waals surface area contributed by atoms with E-state index in [9.17, 15) is 9.59 Å². The average Bonchev–Trinajstić information content (AvgIpc) is 2.51. The molecule has 1 amide bonds. The van der Waals surface area contributed by atoms with Crippen molar-refractivity contribution in [1.82, 2.24) is 5.01 Å². The molecule has 1 rings (SSSR count). The highest BCUT2D eigenvalue weighted by Gasteiger charge is 2.25. The SMILES string of the molecule is CC/C(C)=N/N(C)C(=O)C(=O)c1c(CC)cc(C)cc1CC. The molecule has 120 valence electrons. The van der Waals surface area contributed by atoms with Crippen LogP contribution >= 0.6 is 0 Å². The number of hydrogen-bond acceptors (Lipinski definition) is 3. The average molecular weight is 302 g/mol. The lowest BCUT2D eigenvalue weighted by atomic mass is 9.92. The molecule has 0 radical (unpaired) electrons. The van der Waals surface area contributed by atoms with Crippen LogP contribution in [-0.2, 0) is 17.6 Å². The highest BCUT2D eigenvalue weighted by atomic mass is 16.2. The maximum atomic E-state index is 12.7. The molecule has 0 aromatic heterocycles. The van der Waals surface area contributed by atoms with Gasteiger partial charge in [0.25, 0.3) is 5.78 Å². The van der Waals surface area contributed by atoms with Gasteiger partial charge in [-0.15, -0.1) is 0 Å². The fraction of sp³-hybridized carbons (Fsp3) is 0.500. The quantitative estimate of drug-likeness (QED) is 0.349. The number of Topliss-reactive ketones (excluding diaryl/α,β-unsaturated/α-hetero) is 1. The monoisotopic (exact) mass is 302 g/mol. The van der Waals surface area contributed by atoms with E-state index in [2.05, 4.69) is 5.10 Å². The first-order chi connectivity index (χ1) is 10.3. The molecule has 1 aromatic carbocycles. The minimum atomic E-state index is -0.582. The molecule has 0 aliphatic heterocycles. The Kier molecular flexibility index (Phi) is 6.47. The van der Waals surface area contributed by atoms with Gasteiger partial charge in [-0.1, -0.05) is 38.5 Å². The molecular formula is C18H26N2O2. The van der Waals surface area contributed by atoms with Crippen LogP contribution < -0.4 is 0 Å². The number of likely N-dealkylation sites (N-methyl/N-ethyl adjacent to an activating group) is 1. The van der Waals surface area contributed by atoms with Crippen molar-refractivity contribution in [3.8, 4) is 0 Å². The molecule has 0 aliphatic carbocycles. The number of ketones is 1. The first-order valence-electron chi connectivity index (χ1n) is 7.84. The number of carbonyl (C=O) groups is 2. The van der Waals surface area contributed by atoms with Gasteiger partial charge in [-0.25, -0.2) is 5.01 Å². The summed E-state index contributed by atoms with van der Waals surface area (Å²) in [6, 6.07) is 3.97. The van der Waals surface area contributed by atoms with Gasteiger partial charge >= 0.3 is 5.91 Å². The van der Waals surface area contributed by atoms with Crippen molar-refractivity contribution in [3.05, 3.63) is 34.4 Å². The van der Waals surface area contributed by atoms with Gasteiger partial charge in [-0.2, -0.15) is 5.10 Å². The molecule has 0 atom stereocenters. The summed E-state index contributed by atoms with van der Waals surface area (Å²) in [5, 5.41) is 5.30. The third-order valence-corrected chi connectivity index (χ3v) is 3.76. The zero-order valence-electron chi connectivity index (χ0n) is 14.5. The first kappa shape index (κ1) is 18.1. The number of nitrogens with zero attached hydrogens (tertiary/aromatic N) is 2. The smallest absolute Gasteiger partial charge is 0.283 e. The van der Waals surface area contributed by atoms with Crippen molar-refractivity contribution < 1.29 is 9.59 Å². The van der Waals surface area contributed by atoms with E-state index >= 15 is 0 Å². The molecule has 4 heteroatoms. The standard InChI is InChI=1S/C18H26N2O2/c1-7-13(5)19-20(6)18(22)17(21)16-14(8-2)10-12(4)11-15(16)9-3/h10-11H,7-9H2,1-6H3/b19-13+. The van der Waals surface area contributed by atoms with Crippen LogP contribution in [0.15, 0.2) is 17.2 Å². The van der Waals surface area contributed by atoms with Crippen LogP contribution in [0.4, 0.5) is 0 Å². The Labute approximate surface area is 133 Å². The Morgan fingerprint density at radius 1 is 1.09 bits per heavy atom. The van der Waals surface area contributed by atoms with Crippen LogP contribution in [0.2, 0.25) is 0 Å². The molecular weight excluding hydrogens is 276 g/mol. The molecule has 4 nitrogen and oxygen atoms in total. The Balaban J connectivity index is 3.25. The second-order valence-corrected chi connectivity index (χ2v) is 5.51. The fourth-order valence-electron chi connectivity index (χ4n) is 2.42. The Morgan fingerprint density at radius 2 is 1.59 bits per heavy atom. The summed E-state index contributed by atoms with van der Waals surface area (Å²) in [5.74, 6) is -1.05. The highest BCUT2D eigenvalue weighted by Crippen LogP contribution is 2.20. The molecule has 0 spiro atoms. The molecule has 0 bridgehead atoms. The molecule has 1 aromatic rings. The van der Waals surface area contributed by atoms with E-state index in [4.69, 9.17) is 0 Å². The lowest BCUT2D eigenvalue weighted by Gasteiger charge is -2.16. The summed E-state index contributed by atoms with van der Waals surface area (Å²) >= 11 is 0. The van der Waals surface area contributed by atoms with Crippen molar-refractivity contribution in [2.24, 2.45) is 5.10 Å². The number of benzene rings is 1. The van der Waals surface area contributed by atoms with E-state index in [1.807, 2.05) is 46.8 Å². The molecule has 0 heterocycles. The van der Waals surface area contributed by atoms with Gasteiger partial charge in [-0.05, 0) is 44.2 Å². The third-order valence-electron chi connectivity index (χ3n) is 3.76.